The zero-order valence-corrected chi connectivity index (χ0v) is 24.2. The van der Waals surface area contributed by atoms with Crippen LogP contribution in [-0.2, 0) is 25.8 Å². The first kappa shape index (κ1) is 33.1. The predicted molar refractivity (Wildman–Crippen MR) is 152 cm³/mol. The fourth-order valence-electron chi connectivity index (χ4n) is 3.94. The van der Waals surface area contributed by atoms with Crippen LogP contribution in [0.25, 0.3) is 16.9 Å². The van der Waals surface area contributed by atoms with Gasteiger partial charge < -0.3 is 11.1 Å². The highest BCUT2D eigenvalue weighted by Crippen LogP contribution is 2.33. The minimum Gasteiger partial charge on any atom is -0.368 e. The van der Waals surface area contributed by atoms with Gasteiger partial charge in [-0.25, -0.2) is 23.3 Å². The van der Waals surface area contributed by atoms with Crippen molar-refractivity contribution in [3.8, 4) is 16.9 Å². The molecule has 0 saturated heterocycles. The van der Waals surface area contributed by atoms with Crippen LogP contribution >= 0.6 is 0 Å². The second-order valence-corrected chi connectivity index (χ2v) is 11.2. The van der Waals surface area contributed by atoms with Gasteiger partial charge in [-0.2, -0.15) is 18.3 Å². The number of benzene rings is 2. The first-order valence-corrected chi connectivity index (χ1v) is 14.6. The lowest BCUT2D eigenvalue weighted by Crippen LogP contribution is -2.48. The summed E-state index contributed by atoms with van der Waals surface area (Å²) in [6, 6.07) is 11.3. The number of aliphatic imine (C=N–C) groups is 1. The fraction of sp³-hybridized carbons (Fsp3) is 0.333. The highest BCUT2D eigenvalue weighted by molar-refractivity contribution is 7.90. The Morgan fingerprint density at radius 3 is 2.33 bits per heavy atom. The second-order valence-electron chi connectivity index (χ2n) is 9.50. The number of carbonyl (C=O) groups excluding carboxylic acids is 2. The van der Waals surface area contributed by atoms with Crippen molar-refractivity contribution in [3.05, 3.63) is 65.9 Å². The summed E-state index contributed by atoms with van der Waals surface area (Å²) < 4.78 is 69.6. The van der Waals surface area contributed by atoms with Crippen molar-refractivity contribution in [1.29, 1.82) is 0 Å². The first-order chi connectivity index (χ1) is 20.2. The molecule has 0 radical (unpaired) electrons. The van der Waals surface area contributed by atoms with Gasteiger partial charge in [-0.15, -0.1) is 0 Å². The van der Waals surface area contributed by atoms with E-state index >= 15 is 0 Å². The Hall–Kier alpha value is -4.44. The number of hydroxylamine groups is 1. The lowest BCUT2D eigenvalue weighted by atomic mass is 10.1. The van der Waals surface area contributed by atoms with E-state index in [4.69, 9.17) is 10.9 Å². The van der Waals surface area contributed by atoms with Crippen LogP contribution in [0.4, 0.5) is 13.2 Å². The maximum atomic E-state index is 13.5. The van der Waals surface area contributed by atoms with Gasteiger partial charge in [0.05, 0.1) is 16.3 Å². The van der Waals surface area contributed by atoms with E-state index in [1.165, 1.54) is 12.1 Å². The summed E-state index contributed by atoms with van der Waals surface area (Å²) in [5.41, 5.74) is 7.57. The van der Waals surface area contributed by atoms with Gasteiger partial charge in [-0.3, -0.25) is 19.8 Å². The average Bonchev–Trinajstić information content (AvgIpc) is 3.42. The minimum atomic E-state index is -4.71. The lowest BCUT2D eigenvalue weighted by Gasteiger charge is -2.18. The number of carbonyl (C=O) groups is 2. The smallest absolute Gasteiger partial charge is 0.368 e. The molecule has 12 nitrogen and oxygen atoms in total. The molecule has 0 aliphatic heterocycles. The highest BCUT2D eigenvalue weighted by Gasteiger charge is 2.35. The van der Waals surface area contributed by atoms with Gasteiger partial charge in [-0.05, 0) is 56.5 Å². The number of halogens is 3. The van der Waals surface area contributed by atoms with Gasteiger partial charge in [0.25, 0.3) is 15.9 Å². The van der Waals surface area contributed by atoms with Crippen LogP contribution in [0.3, 0.4) is 0 Å². The van der Waals surface area contributed by atoms with Crippen LogP contribution in [0.15, 0.2) is 64.5 Å². The molecule has 16 heteroatoms. The zero-order chi connectivity index (χ0) is 31.8. The van der Waals surface area contributed by atoms with Crippen molar-refractivity contribution in [2.45, 2.75) is 56.6 Å². The third kappa shape index (κ3) is 9.02. The summed E-state index contributed by atoms with van der Waals surface area (Å²) in [4.78, 5) is 28.4. The average molecular weight is 624 g/mol. The molecule has 2 aromatic carbocycles. The molecule has 0 fully saturated rings. The van der Waals surface area contributed by atoms with Crippen LogP contribution in [-0.4, -0.2) is 53.8 Å². The van der Waals surface area contributed by atoms with E-state index < -0.39 is 39.7 Å². The Bertz CT molecular complexity index is 1550. The quantitative estimate of drug-likeness (QED) is 0.0884. The van der Waals surface area contributed by atoms with Crippen molar-refractivity contribution in [2.24, 2.45) is 10.7 Å². The topological polar surface area (TPSA) is 181 Å². The molecule has 3 aromatic rings. The molecule has 1 atom stereocenters. The molecule has 232 valence electrons. The van der Waals surface area contributed by atoms with E-state index in [1.54, 1.807) is 36.7 Å². The first-order valence-electron chi connectivity index (χ1n) is 13.2. The third-order valence-electron chi connectivity index (χ3n) is 6.24. The number of aromatic nitrogens is 2. The van der Waals surface area contributed by atoms with E-state index in [2.05, 4.69) is 15.4 Å². The number of amides is 2. The zero-order valence-electron chi connectivity index (χ0n) is 23.4. The Balaban J connectivity index is 1.81. The lowest BCUT2D eigenvalue weighted by molar-refractivity contribution is -0.141. The molecular weight excluding hydrogens is 591 g/mol. The molecule has 0 bridgehead atoms. The summed E-state index contributed by atoms with van der Waals surface area (Å²) >= 11 is 0. The van der Waals surface area contributed by atoms with Gasteiger partial charge >= 0.3 is 6.18 Å². The van der Waals surface area contributed by atoms with Crippen molar-refractivity contribution in [1.82, 2.24) is 25.3 Å². The standard InChI is InChI=1S/C27H32F3N7O5S/c1-3-24(38)33-21(6-4-5-15-32-26(31)35-40)25(39)36-43(41,42)20-13-11-19(12-14-20)37-22(16-23(34-37)27(28,29)30)18-9-7-17(2)8-10-18/h7-14,16,21,40H,3-6,15H2,1-2H3,(H,33,38)(H,36,39)(H3,31,32,35). The fourth-order valence-corrected chi connectivity index (χ4v) is 4.96. The molecule has 6 N–H and O–H groups in total. The van der Waals surface area contributed by atoms with Gasteiger partial charge in [0.15, 0.2) is 5.69 Å². The number of guanidine groups is 1. The Morgan fingerprint density at radius 1 is 1.09 bits per heavy atom. The molecule has 1 heterocycles. The number of nitrogens with zero attached hydrogens (tertiary/aromatic N) is 3. The monoisotopic (exact) mass is 623 g/mol. The number of hydrogen-bond donors (Lipinski definition) is 5. The van der Waals surface area contributed by atoms with Crippen LogP contribution in [0.5, 0.6) is 0 Å². The molecule has 1 aromatic heterocycles. The molecule has 3 rings (SSSR count). The molecule has 0 aliphatic rings. The number of rotatable bonds is 12. The Labute approximate surface area is 246 Å². The molecule has 2 amide bonds. The normalized spacial score (nSPS) is 12.9. The Kier molecular flexibility index (Phi) is 10.9. The van der Waals surface area contributed by atoms with Crippen LogP contribution in [0.2, 0.25) is 0 Å². The third-order valence-corrected chi connectivity index (χ3v) is 7.61. The van der Waals surface area contributed by atoms with Gasteiger partial charge in [-0.1, -0.05) is 36.8 Å². The summed E-state index contributed by atoms with van der Waals surface area (Å²) in [6.45, 7) is 3.63. The number of hydrogen-bond acceptors (Lipinski definition) is 7. The second kappa shape index (κ2) is 14.2. The summed E-state index contributed by atoms with van der Waals surface area (Å²) in [5.74, 6) is -1.62. The highest BCUT2D eigenvalue weighted by atomic mass is 32.2. The molecule has 0 aliphatic carbocycles. The van der Waals surface area contributed by atoms with Crippen molar-refractivity contribution >= 4 is 27.8 Å². The number of nitrogens with two attached hydrogens (primary N) is 1. The van der Waals surface area contributed by atoms with Crippen molar-refractivity contribution < 1.29 is 36.4 Å². The van der Waals surface area contributed by atoms with Crippen molar-refractivity contribution in [2.75, 3.05) is 6.54 Å². The maximum absolute atomic E-state index is 13.5. The SMILES string of the molecule is CCC(=O)NC(CCCCN=C(N)NO)C(=O)NS(=O)(=O)c1ccc(-n2nc(C(F)(F)F)cc2-c2ccc(C)cc2)cc1. The molecular formula is C27H32F3N7O5S. The van der Waals surface area contributed by atoms with Gasteiger partial charge in [0, 0.05) is 18.5 Å². The molecule has 1 unspecified atom stereocenters. The van der Waals surface area contributed by atoms with Crippen LogP contribution in [0.1, 0.15) is 43.9 Å². The largest absolute Gasteiger partial charge is 0.435 e. The number of aryl methyl sites for hydroxylation is 1. The van der Waals surface area contributed by atoms with Crippen LogP contribution in [0, 0.1) is 6.92 Å². The summed E-state index contributed by atoms with van der Waals surface area (Å²) in [6.07, 6.45) is -3.76. The molecule has 0 spiro atoms. The van der Waals surface area contributed by atoms with E-state index in [-0.39, 0.29) is 41.6 Å². The molecule has 0 saturated carbocycles. The number of sulfonamides is 1. The summed E-state index contributed by atoms with van der Waals surface area (Å²) in [5, 5.41) is 14.8. The number of unbranched alkanes of at least 4 members (excludes halogenated alkanes) is 1. The van der Waals surface area contributed by atoms with E-state index in [0.717, 1.165) is 28.4 Å². The van der Waals surface area contributed by atoms with E-state index in [1.807, 2.05) is 11.6 Å². The number of alkyl halides is 3. The number of nitrogens with one attached hydrogen (secondary N) is 3. The van der Waals surface area contributed by atoms with Gasteiger partial charge in [0.2, 0.25) is 11.9 Å². The van der Waals surface area contributed by atoms with E-state index in [9.17, 15) is 31.2 Å². The summed E-state index contributed by atoms with van der Waals surface area (Å²) in [7, 11) is -4.42. The van der Waals surface area contributed by atoms with Crippen LogP contribution < -0.4 is 21.3 Å². The molecule has 43 heavy (non-hydrogen) atoms. The van der Waals surface area contributed by atoms with Crippen molar-refractivity contribution in [3.63, 3.8) is 0 Å². The van der Waals surface area contributed by atoms with Gasteiger partial charge in [0.1, 0.15) is 6.04 Å². The predicted octanol–water partition coefficient (Wildman–Crippen LogP) is 3.03. The van der Waals surface area contributed by atoms with E-state index in [0.29, 0.717) is 18.4 Å². The maximum Gasteiger partial charge on any atom is 0.435 e. The minimum absolute atomic E-state index is 0.0645. The Morgan fingerprint density at radius 2 is 1.74 bits per heavy atom.